The van der Waals surface area contributed by atoms with Gasteiger partial charge in [-0.25, -0.2) is 9.37 Å². The zero-order chi connectivity index (χ0) is 21.9. The number of nitrogens with zero attached hydrogens (tertiary/aromatic N) is 3. The molecule has 1 saturated heterocycles. The maximum atomic E-state index is 13.3. The summed E-state index contributed by atoms with van der Waals surface area (Å²) in [6.07, 6.45) is 1.94. The van der Waals surface area contributed by atoms with Gasteiger partial charge in [-0.3, -0.25) is 9.69 Å². The number of thiazole rings is 1. The molecule has 0 spiro atoms. The zero-order valence-electron chi connectivity index (χ0n) is 17.5. The first-order valence-corrected chi connectivity index (χ1v) is 11.5. The van der Waals surface area contributed by atoms with E-state index in [9.17, 15) is 9.18 Å². The molecule has 0 radical (unpaired) electrons. The lowest BCUT2D eigenvalue weighted by Gasteiger charge is -2.26. The van der Waals surface area contributed by atoms with Crippen LogP contribution in [0.1, 0.15) is 10.4 Å². The third-order valence-electron chi connectivity index (χ3n) is 5.60. The van der Waals surface area contributed by atoms with E-state index in [0.29, 0.717) is 12.1 Å². The van der Waals surface area contributed by atoms with E-state index < -0.39 is 0 Å². The lowest BCUT2D eigenvalue weighted by molar-refractivity contribution is 0.0383. The largest absolute Gasteiger partial charge is 0.379 e. The summed E-state index contributed by atoms with van der Waals surface area (Å²) in [6, 6.07) is 14.0. The molecule has 1 N–H and O–H groups in total. The number of fused-ring (bicyclic) bond motifs is 1. The Kier molecular flexibility index (Phi) is 5.98. The number of carbonyl (C=O) groups excluding carboxylic acids is 1. The van der Waals surface area contributed by atoms with E-state index in [4.69, 9.17) is 9.72 Å². The molecule has 4 aromatic rings. The van der Waals surface area contributed by atoms with Gasteiger partial charge < -0.3 is 14.5 Å². The van der Waals surface area contributed by atoms with Gasteiger partial charge in [0.15, 0.2) is 0 Å². The highest BCUT2D eigenvalue weighted by atomic mass is 32.1. The Morgan fingerprint density at radius 1 is 1.16 bits per heavy atom. The number of nitrogens with one attached hydrogen (secondary N) is 1. The van der Waals surface area contributed by atoms with Crippen molar-refractivity contribution in [3.8, 4) is 22.0 Å². The highest BCUT2D eigenvalue weighted by Gasteiger charge is 2.18. The first kappa shape index (κ1) is 20.8. The summed E-state index contributed by atoms with van der Waals surface area (Å²) in [5.41, 5.74) is 3.96. The number of pyridine rings is 1. The standard InChI is InChI=1S/C24H23FN4O2S/c25-18-6-4-17(5-7-18)24-27-20(16-32-24)22-15-19(21-3-1-2-9-29(21)22)23(30)26-8-10-28-11-13-31-14-12-28/h1-7,9,15-16H,8,10-14H2,(H,26,30). The van der Waals surface area contributed by atoms with E-state index in [2.05, 4.69) is 10.2 Å². The molecule has 5 rings (SSSR count). The number of benzene rings is 1. The fourth-order valence-corrected chi connectivity index (χ4v) is 4.72. The molecule has 3 aromatic heterocycles. The van der Waals surface area contributed by atoms with Gasteiger partial charge in [-0.2, -0.15) is 0 Å². The first-order valence-electron chi connectivity index (χ1n) is 10.6. The van der Waals surface area contributed by atoms with Crippen molar-refractivity contribution >= 4 is 22.8 Å². The minimum Gasteiger partial charge on any atom is -0.379 e. The van der Waals surface area contributed by atoms with E-state index in [1.165, 1.54) is 23.5 Å². The van der Waals surface area contributed by atoms with Crippen molar-refractivity contribution in [2.24, 2.45) is 0 Å². The Morgan fingerprint density at radius 3 is 2.78 bits per heavy atom. The SMILES string of the molecule is O=C(NCCN1CCOCC1)c1cc(-c2csc(-c3ccc(F)cc3)n2)n2ccccc12. The number of aromatic nitrogens is 2. The fraction of sp³-hybridized carbons (Fsp3) is 0.250. The van der Waals surface area contributed by atoms with Crippen LogP contribution < -0.4 is 5.32 Å². The number of rotatable bonds is 6. The number of amides is 1. The monoisotopic (exact) mass is 450 g/mol. The maximum absolute atomic E-state index is 13.3. The summed E-state index contributed by atoms with van der Waals surface area (Å²) >= 11 is 1.50. The van der Waals surface area contributed by atoms with Crippen LogP contribution in [0.25, 0.3) is 27.5 Å². The molecular weight excluding hydrogens is 427 g/mol. The van der Waals surface area contributed by atoms with Crippen molar-refractivity contribution < 1.29 is 13.9 Å². The van der Waals surface area contributed by atoms with Crippen LogP contribution >= 0.6 is 11.3 Å². The molecule has 1 amide bonds. The van der Waals surface area contributed by atoms with Gasteiger partial charge in [-0.05, 0) is 42.5 Å². The van der Waals surface area contributed by atoms with Gasteiger partial charge in [0.1, 0.15) is 10.8 Å². The summed E-state index contributed by atoms with van der Waals surface area (Å²) < 4.78 is 20.6. The van der Waals surface area contributed by atoms with Crippen LogP contribution in [0.2, 0.25) is 0 Å². The Balaban J connectivity index is 1.38. The highest BCUT2D eigenvalue weighted by molar-refractivity contribution is 7.13. The molecule has 0 saturated carbocycles. The minimum absolute atomic E-state index is 0.0952. The lowest BCUT2D eigenvalue weighted by atomic mass is 10.2. The van der Waals surface area contributed by atoms with E-state index in [0.717, 1.165) is 60.3 Å². The first-order chi connectivity index (χ1) is 15.7. The van der Waals surface area contributed by atoms with Gasteiger partial charge >= 0.3 is 0 Å². The average molecular weight is 451 g/mol. The van der Waals surface area contributed by atoms with Crippen LogP contribution in [-0.4, -0.2) is 59.6 Å². The number of hydrogen-bond donors (Lipinski definition) is 1. The maximum Gasteiger partial charge on any atom is 0.253 e. The van der Waals surface area contributed by atoms with Gasteiger partial charge in [0.05, 0.1) is 35.7 Å². The molecule has 1 fully saturated rings. The van der Waals surface area contributed by atoms with Crippen molar-refractivity contribution in [2.75, 3.05) is 39.4 Å². The topological polar surface area (TPSA) is 58.9 Å². The second kappa shape index (κ2) is 9.20. The van der Waals surface area contributed by atoms with E-state index in [-0.39, 0.29) is 11.7 Å². The Bertz CT molecular complexity index is 1230. The van der Waals surface area contributed by atoms with Gasteiger partial charge in [0.2, 0.25) is 0 Å². The molecule has 32 heavy (non-hydrogen) atoms. The predicted molar refractivity (Wildman–Crippen MR) is 123 cm³/mol. The second-order valence-electron chi connectivity index (χ2n) is 7.65. The summed E-state index contributed by atoms with van der Waals surface area (Å²) in [4.78, 5) is 20.0. The van der Waals surface area contributed by atoms with Crippen molar-refractivity contribution in [3.05, 3.63) is 71.5 Å². The summed E-state index contributed by atoms with van der Waals surface area (Å²) in [6.45, 7) is 4.68. The molecule has 0 bridgehead atoms. The van der Waals surface area contributed by atoms with Gasteiger partial charge in [0, 0.05) is 43.3 Å². The molecule has 6 nitrogen and oxygen atoms in total. The Labute approximate surface area is 189 Å². The highest BCUT2D eigenvalue weighted by Crippen LogP contribution is 2.31. The van der Waals surface area contributed by atoms with Crippen LogP contribution in [0.3, 0.4) is 0 Å². The summed E-state index contributed by atoms with van der Waals surface area (Å²) in [5, 5.41) is 5.83. The number of carbonyl (C=O) groups is 1. The van der Waals surface area contributed by atoms with Crippen LogP contribution in [0, 0.1) is 5.82 Å². The van der Waals surface area contributed by atoms with Crippen molar-refractivity contribution in [3.63, 3.8) is 0 Å². The van der Waals surface area contributed by atoms with Crippen LogP contribution in [-0.2, 0) is 4.74 Å². The van der Waals surface area contributed by atoms with Crippen molar-refractivity contribution in [2.45, 2.75) is 0 Å². The molecule has 1 aromatic carbocycles. The normalized spacial score (nSPS) is 14.7. The molecule has 1 aliphatic rings. The van der Waals surface area contributed by atoms with E-state index in [1.807, 2.05) is 40.2 Å². The predicted octanol–water partition coefficient (Wildman–Crippen LogP) is 3.93. The fourth-order valence-electron chi connectivity index (χ4n) is 3.90. The van der Waals surface area contributed by atoms with Gasteiger partial charge in [0.25, 0.3) is 5.91 Å². The average Bonchev–Trinajstić information content (AvgIpc) is 3.45. The van der Waals surface area contributed by atoms with Crippen LogP contribution in [0.5, 0.6) is 0 Å². The third-order valence-corrected chi connectivity index (χ3v) is 6.49. The van der Waals surface area contributed by atoms with E-state index in [1.54, 1.807) is 12.1 Å². The third kappa shape index (κ3) is 4.29. The number of halogens is 1. The molecule has 0 unspecified atom stereocenters. The lowest BCUT2D eigenvalue weighted by Crippen LogP contribution is -2.41. The van der Waals surface area contributed by atoms with E-state index >= 15 is 0 Å². The molecule has 8 heteroatoms. The Morgan fingerprint density at radius 2 is 1.97 bits per heavy atom. The molecule has 164 valence electrons. The summed E-state index contributed by atoms with van der Waals surface area (Å²) in [5.74, 6) is -0.366. The quantitative estimate of drug-likeness (QED) is 0.484. The number of hydrogen-bond acceptors (Lipinski definition) is 5. The molecular formula is C24H23FN4O2S. The molecule has 1 aliphatic heterocycles. The molecule has 4 heterocycles. The molecule has 0 atom stereocenters. The number of morpholine rings is 1. The summed E-state index contributed by atoms with van der Waals surface area (Å²) in [7, 11) is 0. The zero-order valence-corrected chi connectivity index (χ0v) is 18.3. The van der Waals surface area contributed by atoms with Crippen LogP contribution in [0.4, 0.5) is 4.39 Å². The van der Waals surface area contributed by atoms with Gasteiger partial charge in [-0.15, -0.1) is 11.3 Å². The molecule has 0 aliphatic carbocycles. The smallest absolute Gasteiger partial charge is 0.253 e. The second-order valence-corrected chi connectivity index (χ2v) is 8.51. The number of ether oxygens (including phenoxy) is 1. The van der Waals surface area contributed by atoms with Gasteiger partial charge in [-0.1, -0.05) is 6.07 Å². The minimum atomic E-state index is -0.271. The van der Waals surface area contributed by atoms with Crippen molar-refractivity contribution in [1.29, 1.82) is 0 Å². The van der Waals surface area contributed by atoms with Crippen LogP contribution in [0.15, 0.2) is 60.1 Å². The van der Waals surface area contributed by atoms with Crippen molar-refractivity contribution in [1.82, 2.24) is 19.6 Å². The Hall–Kier alpha value is -3.07.